The first-order valence-electron chi connectivity index (χ1n) is 7.31. The fourth-order valence-corrected chi connectivity index (χ4v) is 2.63. The first-order chi connectivity index (χ1) is 11.0. The summed E-state index contributed by atoms with van der Waals surface area (Å²) in [4.78, 5) is 21.1. The largest absolute Gasteiger partial charge is 0.480 e. The van der Waals surface area contributed by atoms with Crippen LogP contribution in [-0.2, 0) is 0 Å². The van der Waals surface area contributed by atoms with Gasteiger partial charge in [-0.15, -0.1) is 0 Å². The van der Waals surface area contributed by atoms with E-state index in [0.717, 1.165) is 10.9 Å². The van der Waals surface area contributed by atoms with Gasteiger partial charge < -0.3 is 15.0 Å². The zero-order valence-electron chi connectivity index (χ0n) is 13.3. The number of nitrogens with two attached hydrogens (primary N) is 1. The average Bonchev–Trinajstić information content (AvgIpc) is 2.94. The molecule has 0 aliphatic heterocycles. The van der Waals surface area contributed by atoms with Crippen LogP contribution in [0, 0.1) is 0 Å². The summed E-state index contributed by atoms with van der Waals surface area (Å²) in [5.74, 6) is 0.178. The van der Waals surface area contributed by atoms with Gasteiger partial charge in [-0.05, 0) is 26.0 Å². The highest BCUT2D eigenvalue weighted by Gasteiger charge is 2.19. The summed E-state index contributed by atoms with van der Waals surface area (Å²) in [6.45, 7) is 4.14. The third-order valence-corrected chi connectivity index (χ3v) is 3.77. The fraction of sp³-hybridized carbons (Fsp3) is 0.235. The van der Waals surface area contributed by atoms with Crippen LogP contribution in [0.25, 0.3) is 10.9 Å². The van der Waals surface area contributed by atoms with Gasteiger partial charge in [0.1, 0.15) is 0 Å². The SMILES string of the molecule is COc1ncc(C(=O)c2cn(C(C)C)c3ccncc23)cc1N. The van der Waals surface area contributed by atoms with Crippen molar-refractivity contribution in [3.8, 4) is 5.88 Å². The minimum Gasteiger partial charge on any atom is -0.480 e. The number of anilines is 1. The lowest BCUT2D eigenvalue weighted by atomic mass is 10.0. The van der Waals surface area contributed by atoms with Gasteiger partial charge in [0.2, 0.25) is 5.88 Å². The molecule has 3 aromatic heterocycles. The molecule has 0 radical (unpaired) electrons. The van der Waals surface area contributed by atoms with Gasteiger partial charge in [0.25, 0.3) is 0 Å². The fourth-order valence-electron chi connectivity index (χ4n) is 2.63. The number of rotatable bonds is 4. The lowest BCUT2D eigenvalue weighted by molar-refractivity contribution is 0.103. The number of carbonyl (C=O) groups excluding carboxylic acids is 1. The third kappa shape index (κ3) is 2.52. The highest BCUT2D eigenvalue weighted by molar-refractivity contribution is 6.16. The van der Waals surface area contributed by atoms with Crippen LogP contribution in [-0.4, -0.2) is 27.4 Å². The van der Waals surface area contributed by atoms with Crippen LogP contribution in [0.1, 0.15) is 35.8 Å². The number of pyridine rings is 2. The summed E-state index contributed by atoms with van der Waals surface area (Å²) in [6, 6.07) is 3.73. The van der Waals surface area contributed by atoms with Gasteiger partial charge in [0, 0.05) is 47.3 Å². The van der Waals surface area contributed by atoms with Crippen LogP contribution in [0.2, 0.25) is 0 Å². The summed E-state index contributed by atoms with van der Waals surface area (Å²) < 4.78 is 7.09. The molecule has 0 spiro atoms. The highest BCUT2D eigenvalue weighted by Crippen LogP contribution is 2.27. The van der Waals surface area contributed by atoms with Crippen molar-refractivity contribution in [2.45, 2.75) is 19.9 Å². The van der Waals surface area contributed by atoms with Crippen molar-refractivity contribution >= 4 is 22.4 Å². The van der Waals surface area contributed by atoms with Gasteiger partial charge in [-0.25, -0.2) is 4.98 Å². The van der Waals surface area contributed by atoms with E-state index in [1.54, 1.807) is 18.5 Å². The van der Waals surface area contributed by atoms with Crippen LogP contribution in [0.5, 0.6) is 5.88 Å². The first-order valence-corrected chi connectivity index (χ1v) is 7.31. The second-order valence-electron chi connectivity index (χ2n) is 5.59. The number of nitrogens with zero attached hydrogens (tertiary/aromatic N) is 3. The van der Waals surface area contributed by atoms with Crippen molar-refractivity contribution in [1.29, 1.82) is 0 Å². The Balaban J connectivity index is 2.13. The standard InChI is InChI=1S/C17H18N4O2/c1-10(2)21-9-13(12-8-19-5-4-15(12)21)16(22)11-6-14(18)17(23-3)20-7-11/h4-10H,18H2,1-3H3. The molecular weight excluding hydrogens is 292 g/mol. The number of aromatic nitrogens is 3. The Kier molecular flexibility index (Phi) is 3.73. The second-order valence-corrected chi connectivity index (χ2v) is 5.59. The van der Waals surface area contributed by atoms with Crippen molar-refractivity contribution in [3.05, 3.63) is 48.0 Å². The lowest BCUT2D eigenvalue weighted by Gasteiger charge is -2.08. The van der Waals surface area contributed by atoms with E-state index in [4.69, 9.17) is 10.5 Å². The quantitative estimate of drug-likeness (QED) is 0.749. The molecule has 6 heteroatoms. The number of hydrogen-bond donors (Lipinski definition) is 1. The minimum absolute atomic E-state index is 0.135. The molecular formula is C17H18N4O2. The van der Waals surface area contributed by atoms with Crippen molar-refractivity contribution in [1.82, 2.24) is 14.5 Å². The Morgan fingerprint density at radius 3 is 2.78 bits per heavy atom. The maximum Gasteiger partial charge on any atom is 0.236 e. The summed E-state index contributed by atoms with van der Waals surface area (Å²) in [5, 5.41) is 0.820. The van der Waals surface area contributed by atoms with Crippen LogP contribution >= 0.6 is 0 Å². The van der Waals surface area contributed by atoms with Crippen molar-refractivity contribution in [2.75, 3.05) is 12.8 Å². The zero-order chi connectivity index (χ0) is 16.6. The number of ketones is 1. The molecule has 0 amide bonds. The summed E-state index contributed by atoms with van der Waals surface area (Å²) >= 11 is 0. The Bertz CT molecular complexity index is 883. The molecule has 0 aliphatic rings. The Morgan fingerprint density at radius 1 is 1.35 bits per heavy atom. The molecule has 0 aromatic carbocycles. The molecule has 6 nitrogen and oxygen atoms in total. The van der Waals surface area contributed by atoms with Crippen molar-refractivity contribution in [2.24, 2.45) is 0 Å². The van der Waals surface area contributed by atoms with E-state index in [0.29, 0.717) is 22.7 Å². The molecule has 0 unspecified atom stereocenters. The van der Waals surface area contributed by atoms with Gasteiger partial charge >= 0.3 is 0 Å². The monoisotopic (exact) mass is 310 g/mol. The van der Waals surface area contributed by atoms with E-state index < -0.39 is 0 Å². The van der Waals surface area contributed by atoms with Gasteiger partial charge in [-0.3, -0.25) is 9.78 Å². The lowest BCUT2D eigenvalue weighted by Crippen LogP contribution is -2.05. The molecule has 2 N–H and O–H groups in total. The smallest absolute Gasteiger partial charge is 0.236 e. The van der Waals surface area contributed by atoms with Crippen LogP contribution in [0.3, 0.4) is 0 Å². The second kappa shape index (κ2) is 5.72. The van der Waals surface area contributed by atoms with E-state index in [1.807, 2.05) is 12.3 Å². The van der Waals surface area contributed by atoms with Crippen LogP contribution in [0.4, 0.5) is 5.69 Å². The molecule has 3 aromatic rings. The molecule has 0 aliphatic carbocycles. The van der Waals surface area contributed by atoms with E-state index in [-0.39, 0.29) is 11.8 Å². The number of methoxy groups -OCH3 is 1. The third-order valence-electron chi connectivity index (χ3n) is 3.77. The molecule has 3 heterocycles. The topological polar surface area (TPSA) is 83.0 Å². The number of fused-ring (bicyclic) bond motifs is 1. The first kappa shape index (κ1) is 15.0. The molecule has 118 valence electrons. The van der Waals surface area contributed by atoms with Gasteiger partial charge in [-0.1, -0.05) is 0 Å². The van der Waals surface area contributed by atoms with E-state index >= 15 is 0 Å². The molecule has 0 bridgehead atoms. The number of carbonyl (C=O) groups is 1. The maximum absolute atomic E-state index is 12.9. The van der Waals surface area contributed by atoms with Gasteiger partial charge in [0.15, 0.2) is 5.78 Å². The van der Waals surface area contributed by atoms with E-state index in [1.165, 1.54) is 13.3 Å². The Hall–Kier alpha value is -2.89. The number of hydrogen-bond acceptors (Lipinski definition) is 5. The molecule has 0 atom stereocenters. The molecule has 0 saturated carbocycles. The van der Waals surface area contributed by atoms with Crippen LogP contribution in [0.15, 0.2) is 36.9 Å². The van der Waals surface area contributed by atoms with Gasteiger partial charge in [-0.2, -0.15) is 0 Å². The summed E-state index contributed by atoms with van der Waals surface area (Å²) in [5.41, 5.74) is 8.19. The Morgan fingerprint density at radius 2 is 2.13 bits per heavy atom. The maximum atomic E-state index is 12.9. The van der Waals surface area contributed by atoms with Crippen molar-refractivity contribution < 1.29 is 9.53 Å². The van der Waals surface area contributed by atoms with Crippen molar-refractivity contribution in [3.63, 3.8) is 0 Å². The number of nitrogen functional groups attached to an aromatic ring is 1. The Labute approximate surface area is 133 Å². The molecule has 0 saturated heterocycles. The molecule has 23 heavy (non-hydrogen) atoms. The molecule has 0 fully saturated rings. The predicted octanol–water partition coefficient (Wildman–Crippen LogP) is 2.83. The van der Waals surface area contributed by atoms with E-state index in [9.17, 15) is 4.79 Å². The van der Waals surface area contributed by atoms with Crippen LogP contribution < -0.4 is 10.5 Å². The van der Waals surface area contributed by atoms with Gasteiger partial charge in [0.05, 0.1) is 18.3 Å². The zero-order valence-corrected chi connectivity index (χ0v) is 13.3. The average molecular weight is 310 g/mol. The summed E-state index contributed by atoms with van der Waals surface area (Å²) in [7, 11) is 1.49. The highest BCUT2D eigenvalue weighted by atomic mass is 16.5. The predicted molar refractivity (Wildman–Crippen MR) is 88.8 cm³/mol. The summed E-state index contributed by atoms with van der Waals surface area (Å²) in [6.07, 6.45) is 6.77. The number of ether oxygens (including phenoxy) is 1. The normalized spacial score (nSPS) is 11.1. The minimum atomic E-state index is -0.135. The molecule has 3 rings (SSSR count). The van der Waals surface area contributed by atoms with E-state index in [2.05, 4.69) is 28.4 Å².